The molecule has 234 valence electrons. The van der Waals surface area contributed by atoms with E-state index < -0.39 is 6.08 Å². The normalized spacial score (nSPS) is 10.6. The van der Waals surface area contributed by atoms with Gasteiger partial charge in [0.05, 0.1) is 40.1 Å². The number of halogens is 1. The van der Waals surface area contributed by atoms with Gasteiger partial charge in [0.25, 0.3) is 0 Å². The third-order valence-corrected chi connectivity index (χ3v) is 6.90. The fourth-order valence-corrected chi connectivity index (χ4v) is 4.64. The first-order chi connectivity index (χ1) is 20.8. The maximum atomic E-state index is 14.3. The molecule has 1 aromatic heterocycles. The zero-order chi connectivity index (χ0) is 30.8. The van der Waals surface area contributed by atoms with Crippen LogP contribution in [0, 0.1) is 6.08 Å². The molecular formula is C25H26FN9Na2O7S2. The fourth-order valence-electron chi connectivity index (χ4n) is 3.79. The number of benzene rings is 3. The number of nitrogens with zero attached hydrogens (tertiary/aromatic N) is 6. The Kier molecular flexibility index (Phi) is 19.0. The van der Waals surface area contributed by atoms with E-state index in [4.69, 9.17) is 5.73 Å². The van der Waals surface area contributed by atoms with Crippen LogP contribution in [0.5, 0.6) is 5.75 Å². The number of allylic oxidation sites excluding steroid dienone is 1. The number of hydrogen-bond acceptors (Lipinski definition) is 18. The summed E-state index contributed by atoms with van der Waals surface area (Å²) in [5.74, 6) is -0.151. The van der Waals surface area contributed by atoms with Crippen LogP contribution in [0.3, 0.4) is 0 Å². The van der Waals surface area contributed by atoms with Gasteiger partial charge in [0.1, 0.15) is 17.1 Å². The maximum absolute atomic E-state index is 14.3. The van der Waals surface area contributed by atoms with Crippen LogP contribution in [-0.2, 0) is 18.7 Å². The maximum Gasteiger partial charge on any atom is 1.00 e. The molecule has 16 nitrogen and oxygen atoms in total. The molecule has 0 aliphatic carbocycles. The van der Waals surface area contributed by atoms with Crippen LogP contribution in [0.1, 0.15) is 12.8 Å². The van der Waals surface area contributed by atoms with Crippen LogP contribution < -0.4 is 91.7 Å². The first kappa shape index (κ1) is 41.8. The number of nitrogen functional groups attached to an aromatic ring is 1. The van der Waals surface area contributed by atoms with E-state index in [-0.39, 0.29) is 105 Å². The molecule has 0 saturated heterocycles. The SMILES string of the molecule is C=CCCCN(C)c1nc(F)nc(Nc2ccc(SOO[O-])c(N=Nc3c(N)ccc4cc(SOO[O-])cc(O)c34)c2)n1.N.[Na+].[Na+]. The number of fused-ring (bicyclic) bond motifs is 1. The van der Waals surface area contributed by atoms with Crippen molar-refractivity contribution < 1.29 is 97.9 Å². The topological polar surface area (TPSA) is 243 Å². The molecule has 4 rings (SSSR count). The number of anilines is 4. The molecule has 0 radical (unpaired) electrons. The second-order valence-corrected chi connectivity index (χ2v) is 10.1. The average molecular weight is 694 g/mol. The van der Waals surface area contributed by atoms with Crippen LogP contribution in [0.15, 0.2) is 75.1 Å². The molecular weight excluding hydrogens is 667 g/mol. The van der Waals surface area contributed by atoms with Gasteiger partial charge in [-0.15, -0.1) is 16.8 Å². The molecule has 0 saturated carbocycles. The number of phenols is 1. The Morgan fingerprint density at radius 3 is 2.52 bits per heavy atom. The predicted molar refractivity (Wildman–Crippen MR) is 157 cm³/mol. The van der Waals surface area contributed by atoms with Gasteiger partial charge in [-0.05, 0) is 54.6 Å². The van der Waals surface area contributed by atoms with E-state index in [0.29, 0.717) is 51.5 Å². The Balaban J connectivity index is 0.00000353. The van der Waals surface area contributed by atoms with E-state index in [1.807, 2.05) is 0 Å². The summed E-state index contributed by atoms with van der Waals surface area (Å²) in [4.78, 5) is 14.1. The molecule has 21 heteroatoms. The third-order valence-electron chi connectivity index (χ3n) is 5.70. The molecule has 1 heterocycles. The zero-order valence-corrected chi connectivity index (χ0v) is 30.6. The summed E-state index contributed by atoms with van der Waals surface area (Å²) in [6.07, 6.45) is 2.37. The predicted octanol–water partition coefficient (Wildman–Crippen LogP) is -1.36. The molecule has 46 heavy (non-hydrogen) atoms. The molecule has 0 aliphatic heterocycles. The number of aromatic hydroxyl groups is 1. The van der Waals surface area contributed by atoms with Crippen molar-refractivity contribution in [3.63, 3.8) is 0 Å². The smallest absolute Gasteiger partial charge is 0.691 e. The van der Waals surface area contributed by atoms with E-state index in [9.17, 15) is 20.0 Å². The van der Waals surface area contributed by atoms with Crippen LogP contribution >= 0.6 is 24.1 Å². The number of nitrogens with one attached hydrogen (secondary N) is 1. The van der Waals surface area contributed by atoms with Crippen LogP contribution in [0.25, 0.3) is 10.8 Å². The molecule has 0 aliphatic rings. The van der Waals surface area contributed by atoms with Gasteiger partial charge < -0.3 is 37.7 Å². The number of azo groups is 1. The molecule has 0 bridgehead atoms. The Hall–Kier alpha value is -2.18. The largest absolute Gasteiger partial charge is 1.00 e. The number of hydrogen-bond donors (Lipinski definition) is 4. The van der Waals surface area contributed by atoms with Crippen molar-refractivity contribution in [3.05, 3.63) is 61.2 Å². The molecule has 0 amide bonds. The summed E-state index contributed by atoms with van der Waals surface area (Å²) in [7, 11) is 1.73. The van der Waals surface area contributed by atoms with E-state index in [0.717, 1.165) is 12.8 Å². The first-order valence-electron chi connectivity index (χ1n) is 12.2. The molecule has 4 aromatic rings. The standard InChI is InChI=1S/C25H25FN8O7S2.H3N.2Na/c1-3-4-5-10-34(2)25-30-23(26)29-24(31-25)28-15-7-9-20(43-41-39-37)18(12-15)32-33-22-17(27)8-6-14-11-16(42-40-38-36)13-19(35)21(14)22;;;/h3,6-9,11-13,35-37H,1,4-5,10,27H2,2H3,(H,28,29,30,31);1H3;;/q;;2*+1/p-2. The van der Waals surface area contributed by atoms with Crippen LogP contribution in [0.2, 0.25) is 0 Å². The molecule has 0 unspecified atom stereocenters. The summed E-state index contributed by atoms with van der Waals surface area (Å²) in [5, 5.41) is 50.3. The Morgan fingerprint density at radius 2 is 1.80 bits per heavy atom. The van der Waals surface area contributed by atoms with Crippen molar-refractivity contribution in [2.45, 2.75) is 22.6 Å². The summed E-state index contributed by atoms with van der Waals surface area (Å²) in [5.41, 5.74) is 7.03. The number of phenolic OH excluding ortho intramolecular Hbond substituents is 1. The summed E-state index contributed by atoms with van der Waals surface area (Å²) in [6, 6.07) is 10.7. The molecule has 7 N–H and O–H groups in total. The van der Waals surface area contributed by atoms with Gasteiger partial charge in [-0.3, -0.25) is 10.1 Å². The number of unbranched alkanes of at least 4 members (excludes halogenated alkanes) is 1. The number of nitrogens with two attached hydrogens (primary N) is 1. The van der Waals surface area contributed by atoms with Crippen molar-refractivity contribution in [1.82, 2.24) is 21.1 Å². The number of aromatic nitrogens is 3. The van der Waals surface area contributed by atoms with Gasteiger partial charge in [0, 0.05) is 24.2 Å². The summed E-state index contributed by atoms with van der Waals surface area (Å²) >= 11 is 1.17. The Morgan fingerprint density at radius 1 is 1.07 bits per heavy atom. The second-order valence-electron chi connectivity index (χ2n) is 8.57. The third kappa shape index (κ3) is 11.5. The van der Waals surface area contributed by atoms with Gasteiger partial charge in [-0.1, -0.05) is 12.1 Å². The van der Waals surface area contributed by atoms with Gasteiger partial charge in [0.15, 0.2) is 0 Å². The summed E-state index contributed by atoms with van der Waals surface area (Å²) in [6.45, 7) is 4.26. The van der Waals surface area contributed by atoms with Gasteiger partial charge >= 0.3 is 65.2 Å². The quantitative estimate of drug-likeness (QED) is 0.0164. The van der Waals surface area contributed by atoms with Crippen molar-refractivity contribution in [3.8, 4) is 5.75 Å². The summed E-state index contributed by atoms with van der Waals surface area (Å²) < 4.78 is 23.0. The number of rotatable bonds is 15. The second kappa shape index (κ2) is 20.9. The zero-order valence-electron chi connectivity index (χ0n) is 25.0. The Labute approximate surface area is 315 Å². The molecule has 0 spiro atoms. The molecule has 0 fully saturated rings. The molecule has 3 aromatic carbocycles. The first-order valence-corrected chi connectivity index (χ1v) is 13.7. The van der Waals surface area contributed by atoms with Crippen LogP contribution in [-0.4, -0.2) is 33.7 Å². The van der Waals surface area contributed by atoms with Crippen molar-refractivity contribution >= 4 is 69.5 Å². The molecule has 0 atom stereocenters. The van der Waals surface area contributed by atoms with Crippen molar-refractivity contribution in [2.24, 2.45) is 10.2 Å². The van der Waals surface area contributed by atoms with Crippen molar-refractivity contribution in [2.75, 3.05) is 29.5 Å². The van der Waals surface area contributed by atoms with E-state index in [1.54, 1.807) is 42.3 Å². The van der Waals surface area contributed by atoms with E-state index >= 15 is 0 Å². The minimum atomic E-state index is -0.976. The van der Waals surface area contributed by atoms with Gasteiger partial charge in [-0.2, -0.15) is 28.0 Å². The van der Waals surface area contributed by atoms with Gasteiger partial charge in [-0.25, -0.2) is 0 Å². The van der Waals surface area contributed by atoms with Crippen LogP contribution in [0.4, 0.5) is 39.0 Å². The Bertz CT molecular complexity index is 1630. The monoisotopic (exact) mass is 693 g/mol. The van der Waals surface area contributed by atoms with E-state index in [1.165, 1.54) is 18.2 Å². The minimum Gasteiger partial charge on any atom is -0.691 e. The van der Waals surface area contributed by atoms with E-state index in [2.05, 4.69) is 55.8 Å². The van der Waals surface area contributed by atoms with Gasteiger partial charge in [0.2, 0.25) is 11.9 Å². The van der Waals surface area contributed by atoms with Crippen molar-refractivity contribution in [1.29, 1.82) is 0 Å². The average Bonchev–Trinajstić information content (AvgIpc) is 2.99. The minimum absolute atomic E-state index is 0. The fraction of sp³-hybridized carbons (Fsp3) is 0.160.